The summed E-state index contributed by atoms with van der Waals surface area (Å²) in [4.78, 5) is 2.71. The molecule has 3 nitrogen and oxygen atoms in total. The monoisotopic (exact) mass is 312 g/mol. The molecule has 3 heteroatoms. The van der Waals surface area contributed by atoms with Crippen molar-refractivity contribution in [1.82, 2.24) is 10.2 Å². The van der Waals surface area contributed by atoms with Crippen LogP contribution in [0.15, 0.2) is 18.3 Å². The zero-order chi connectivity index (χ0) is 15.6. The highest BCUT2D eigenvalue weighted by molar-refractivity contribution is 5.59. The summed E-state index contributed by atoms with van der Waals surface area (Å²) in [6, 6.07) is 5.32. The first-order valence-electron chi connectivity index (χ1n) is 9.24. The molecule has 0 amide bonds. The van der Waals surface area contributed by atoms with Crippen molar-refractivity contribution in [2.75, 3.05) is 13.1 Å². The third kappa shape index (κ3) is 3.25. The van der Waals surface area contributed by atoms with E-state index in [9.17, 15) is 0 Å². The first-order chi connectivity index (χ1) is 11.3. The number of nitrogens with one attached hydrogen (secondary N) is 1. The second-order valence-corrected chi connectivity index (χ2v) is 7.32. The Labute approximate surface area is 139 Å². The van der Waals surface area contributed by atoms with Crippen LogP contribution < -0.4 is 10.1 Å². The predicted molar refractivity (Wildman–Crippen MR) is 94.5 cm³/mol. The van der Waals surface area contributed by atoms with E-state index in [0.29, 0.717) is 6.10 Å². The van der Waals surface area contributed by atoms with Crippen molar-refractivity contribution < 1.29 is 4.74 Å². The van der Waals surface area contributed by atoms with Gasteiger partial charge in [-0.05, 0) is 93.6 Å². The molecule has 0 unspecified atom stereocenters. The van der Waals surface area contributed by atoms with Crippen LogP contribution in [0.25, 0.3) is 6.08 Å². The van der Waals surface area contributed by atoms with E-state index >= 15 is 0 Å². The van der Waals surface area contributed by atoms with Crippen LogP contribution in [0.3, 0.4) is 0 Å². The van der Waals surface area contributed by atoms with Gasteiger partial charge in [0.05, 0.1) is 6.10 Å². The Bertz CT molecular complexity index is 582. The van der Waals surface area contributed by atoms with Gasteiger partial charge in [0.2, 0.25) is 0 Å². The number of rotatable bonds is 3. The van der Waals surface area contributed by atoms with Gasteiger partial charge < -0.3 is 15.0 Å². The van der Waals surface area contributed by atoms with Gasteiger partial charge in [0.15, 0.2) is 0 Å². The first-order valence-corrected chi connectivity index (χ1v) is 9.24. The Hall–Kier alpha value is -1.48. The van der Waals surface area contributed by atoms with Crippen molar-refractivity contribution in [3.05, 3.63) is 35.0 Å². The molecule has 1 aromatic carbocycles. The molecule has 0 spiro atoms. The fourth-order valence-corrected chi connectivity index (χ4v) is 4.33. The zero-order valence-corrected chi connectivity index (χ0v) is 14.2. The Balaban J connectivity index is 1.38. The molecule has 1 aromatic rings. The molecule has 0 bridgehead atoms. The van der Waals surface area contributed by atoms with E-state index in [4.69, 9.17) is 4.74 Å². The lowest BCUT2D eigenvalue weighted by Crippen LogP contribution is -2.38. The third-order valence-corrected chi connectivity index (χ3v) is 5.70. The number of fused-ring (bicyclic) bond motifs is 1. The van der Waals surface area contributed by atoms with Crippen LogP contribution in [0.4, 0.5) is 0 Å². The highest BCUT2D eigenvalue weighted by Crippen LogP contribution is 2.31. The molecular weight excluding hydrogens is 284 g/mol. The summed E-state index contributed by atoms with van der Waals surface area (Å²) >= 11 is 0. The Morgan fingerprint density at radius 2 is 1.87 bits per heavy atom. The molecular formula is C20H28N2O. The number of benzene rings is 1. The predicted octanol–water partition coefficient (Wildman–Crippen LogP) is 3.85. The molecule has 3 aliphatic rings. The van der Waals surface area contributed by atoms with Gasteiger partial charge in [-0.3, -0.25) is 0 Å². The summed E-state index contributed by atoms with van der Waals surface area (Å²) in [6.45, 7) is 5.73. The molecule has 2 aliphatic heterocycles. The van der Waals surface area contributed by atoms with Crippen molar-refractivity contribution in [3.8, 4) is 5.75 Å². The zero-order valence-electron chi connectivity index (χ0n) is 14.2. The molecule has 1 saturated carbocycles. The minimum Gasteiger partial charge on any atom is -0.490 e. The maximum Gasteiger partial charge on any atom is 0.123 e. The van der Waals surface area contributed by atoms with Gasteiger partial charge in [0.1, 0.15) is 5.75 Å². The third-order valence-electron chi connectivity index (χ3n) is 5.70. The largest absolute Gasteiger partial charge is 0.490 e. The van der Waals surface area contributed by atoms with Crippen molar-refractivity contribution in [2.45, 2.75) is 64.1 Å². The fourth-order valence-electron chi connectivity index (χ4n) is 4.33. The lowest BCUT2D eigenvalue weighted by molar-refractivity contribution is 0.0995. The minimum absolute atomic E-state index is 0.399. The summed E-state index contributed by atoms with van der Waals surface area (Å²) in [5.41, 5.74) is 3.94. The van der Waals surface area contributed by atoms with E-state index in [1.54, 1.807) is 0 Å². The molecule has 0 atom stereocenters. The average Bonchev–Trinajstić information content (AvgIpc) is 3.11. The maximum absolute atomic E-state index is 6.39. The standard InChI is InChI=1S/C20H28N2O/c1-15-12-17-14-21-9-8-16(17)13-20(15)23-19-6-4-18(5-7-19)22-10-2-3-11-22/h8-9,12-13,18-19,21H,2-7,10-11,14H2,1H3. The number of nitrogens with zero attached hydrogens (tertiary/aromatic N) is 1. The molecule has 1 saturated heterocycles. The lowest BCUT2D eigenvalue weighted by Gasteiger charge is -2.34. The van der Waals surface area contributed by atoms with Crippen molar-refractivity contribution in [3.63, 3.8) is 0 Å². The van der Waals surface area contributed by atoms with E-state index in [1.165, 1.54) is 68.3 Å². The van der Waals surface area contributed by atoms with E-state index in [2.05, 4.69) is 35.3 Å². The second kappa shape index (κ2) is 6.56. The number of hydrogen-bond acceptors (Lipinski definition) is 3. The Morgan fingerprint density at radius 3 is 2.65 bits per heavy atom. The summed E-state index contributed by atoms with van der Waals surface area (Å²) < 4.78 is 6.39. The minimum atomic E-state index is 0.399. The number of likely N-dealkylation sites (tertiary alicyclic amines) is 1. The van der Waals surface area contributed by atoms with E-state index in [-0.39, 0.29) is 0 Å². The van der Waals surface area contributed by atoms with Crippen LogP contribution >= 0.6 is 0 Å². The quantitative estimate of drug-likeness (QED) is 0.917. The fraction of sp³-hybridized carbons (Fsp3) is 0.600. The van der Waals surface area contributed by atoms with Gasteiger partial charge in [-0.15, -0.1) is 0 Å². The van der Waals surface area contributed by atoms with Crippen LogP contribution in [0.2, 0.25) is 0 Å². The molecule has 1 N–H and O–H groups in total. The van der Waals surface area contributed by atoms with Crippen molar-refractivity contribution >= 4 is 6.08 Å². The van der Waals surface area contributed by atoms with Gasteiger partial charge in [0.25, 0.3) is 0 Å². The summed E-state index contributed by atoms with van der Waals surface area (Å²) in [5, 5.41) is 3.27. The topological polar surface area (TPSA) is 24.5 Å². The van der Waals surface area contributed by atoms with Gasteiger partial charge >= 0.3 is 0 Å². The van der Waals surface area contributed by atoms with E-state index < -0.39 is 0 Å². The van der Waals surface area contributed by atoms with Gasteiger partial charge in [0, 0.05) is 12.6 Å². The number of aryl methyl sites for hydroxylation is 1. The molecule has 0 aromatic heterocycles. The average molecular weight is 312 g/mol. The van der Waals surface area contributed by atoms with E-state index in [1.807, 2.05) is 6.20 Å². The SMILES string of the molecule is Cc1cc2c(cc1OC1CCC(N3CCCC3)CC1)C=CNC2. The number of ether oxygens (including phenoxy) is 1. The van der Waals surface area contributed by atoms with Crippen molar-refractivity contribution in [1.29, 1.82) is 0 Å². The summed E-state index contributed by atoms with van der Waals surface area (Å²) in [6.07, 6.45) is 12.4. The Morgan fingerprint density at radius 1 is 1.09 bits per heavy atom. The van der Waals surface area contributed by atoms with E-state index in [0.717, 1.165) is 18.3 Å². The highest BCUT2D eigenvalue weighted by Gasteiger charge is 2.28. The number of hydrogen-bond donors (Lipinski definition) is 1. The highest BCUT2D eigenvalue weighted by atomic mass is 16.5. The lowest BCUT2D eigenvalue weighted by atomic mass is 9.92. The van der Waals surface area contributed by atoms with Crippen LogP contribution in [-0.4, -0.2) is 30.1 Å². The van der Waals surface area contributed by atoms with Gasteiger partial charge in [-0.1, -0.05) is 6.07 Å². The van der Waals surface area contributed by atoms with Crippen LogP contribution in [0, 0.1) is 6.92 Å². The second-order valence-electron chi connectivity index (χ2n) is 7.32. The molecule has 2 fully saturated rings. The molecule has 124 valence electrons. The maximum atomic E-state index is 6.39. The Kier molecular flexibility index (Phi) is 4.30. The van der Waals surface area contributed by atoms with Crippen LogP contribution in [0.5, 0.6) is 5.75 Å². The summed E-state index contributed by atoms with van der Waals surface area (Å²) in [7, 11) is 0. The van der Waals surface area contributed by atoms with Gasteiger partial charge in [-0.25, -0.2) is 0 Å². The molecule has 1 aliphatic carbocycles. The molecule has 23 heavy (non-hydrogen) atoms. The smallest absolute Gasteiger partial charge is 0.123 e. The first kappa shape index (κ1) is 15.1. The van der Waals surface area contributed by atoms with Crippen LogP contribution in [-0.2, 0) is 6.54 Å². The molecule has 0 radical (unpaired) electrons. The molecule has 4 rings (SSSR count). The summed E-state index contributed by atoms with van der Waals surface area (Å²) in [5.74, 6) is 1.08. The van der Waals surface area contributed by atoms with Gasteiger partial charge in [-0.2, -0.15) is 0 Å². The van der Waals surface area contributed by atoms with Crippen LogP contribution in [0.1, 0.15) is 55.2 Å². The van der Waals surface area contributed by atoms with Crippen molar-refractivity contribution in [2.24, 2.45) is 0 Å². The molecule has 2 heterocycles. The normalized spacial score (nSPS) is 27.5.